The van der Waals surface area contributed by atoms with Crippen molar-refractivity contribution in [2.45, 2.75) is 12.1 Å². The van der Waals surface area contributed by atoms with E-state index in [-0.39, 0.29) is 18.1 Å². The zero-order chi connectivity index (χ0) is 21.8. The Hall–Kier alpha value is -3.23. The second-order valence-electron chi connectivity index (χ2n) is 7.09. The molecule has 0 aliphatic carbocycles. The van der Waals surface area contributed by atoms with E-state index in [1.165, 1.54) is 7.11 Å². The lowest BCUT2D eigenvalue weighted by Gasteiger charge is -2.25. The number of hydrogen-bond donors (Lipinski definition) is 1. The highest BCUT2D eigenvalue weighted by atomic mass is 32.1. The molecule has 3 heterocycles. The standard InChI is InChI=1S/C23H23N3O4S/c1-28-13-12-26-21(20(25-23(26)31)17-8-3-4-11-24-17)19-10-9-18(30-19)15-6-5-7-16(14-15)22(27)29-2/h3-11,14,20-21H,12-13H2,1-2H3,(H,25,31)/t20-,21+/m0/s1. The highest BCUT2D eigenvalue weighted by Gasteiger charge is 2.41. The third-order valence-corrected chi connectivity index (χ3v) is 5.57. The van der Waals surface area contributed by atoms with Crippen LogP contribution in [0.1, 0.15) is 33.9 Å². The van der Waals surface area contributed by atoms with Gasteiger partial charge in [-0.05, 0) is 48.6 Å². The number of carbonyl (C=O) groups is 1. The molecule has 0 bridgehead atoms. The zero-order valence-corrected chi connectivity index (χ0v) is 18.1. The van der Waals surface area contributed by atoms with Crippen molar-refractivity contribution in [3.8, 4) is 11.3 Å². The largest absolute Gasteiger partial charge is 0.465 e. The number of nitrogens with one attached hydrogen (secondary N) is 1. The van der Waals surface area contributed by atoms with Gasteiger partial charge in [0.15, 0.2) is 5.11 Å². The van der Waals surface area contributed by atoms with Gasteiger partial charge in [-0.15, -0.1) is 0 Å². The summed E-state index contributed by atoms with van der Waals surface area (Å²) < 4.78 is 16.4. The lowest BCUT2D eigenvalue weighted by atomic mass is 10.0. The minimum absolute atomic E-state index is 0.161. The molecule has 31 heavy (non-hydrogen) atoms. The predicted octanol–water partition coefficient (Wildman–Crippen LogP) is 3.75. The lowest BCUT2D eigenvalue weighted by Crippen LogP contribution is -2.32. The molecule has 1 fully saturated rings. The lowest BCUT2D eigenvalue weighted by molar-refractivity contribution is 0.0601. The molecule has 0 unspecified atom stereocenters. The first-order valence-corrected chi connectivity index (χ1v) is 10.3. The van der Waals surface area contributed by atoms with Crippen LogP contribution in [0.2, 0.25) is 0 Å². The van der Waals surface area contributed by atoms with Gasteiger partial charge in [-0.25, -0.2) is 4.79 Å². The maximum atomic E-state index is 11.9. The first kappa shape index (κ1) is 21.0. The van der Waals surface area contributed by atoms with Gasteiger partial charge in [0.05, 0.1) is 31.0 Å². The summed E-state index contributed by atoms with van der Waals surface area (Å²) in [4.78, 5) is 18.5. The van der Waals surface area contributed by atoms with Crippen molar-refractivity contribution in [3.63, 3.8) is 0 Å². The minimum atomic E-state index is -0.389. The zero-order valence-electron chi connectivity index (χ0n) is 17.3. The third kappa shape index (κ3) is 4.30. The van der Waals surface area contributed by atoms with Crippen molar-refractivity contribution in [3.05, 3.63) is 77.8 Å². The van der Waals surface area contributed by atoms with E-state index < -0.39 is 0 Å². The topological polar surface area (TPSA) is 76.8 Å². The molecule has 0 radical (unpaired) electrons. The monoisotopic (exact) mass is 437 g/mol. The van der Waals surface area contributed by atoms with Crippen LogP contribution in [0.25, 0.3) is 11.3 Å². The molecule has 1 N–H and O–H groups in total. The van der Waals surface area contributed by atoms with Crippen LogP contribution >= 0.6 is 12.2 Å². The van der Waals surface area contributed by atoms with Crippen molar-refractivity contribution in [2.75, 3.05) is 27.4 Å². The summed E-state index contributed by atoms with van der Waals surface area (Å²) in [5.41, 5.74) is 2.13. The van der Waals surface area contributed by atoms with Crippen LogP contribution in [-0.2, 0) is 9.47 Å². The fourth-order valence-corrected chi connectivity index (χ4v) is 4.06. The van der Waals surface area contributed by atoms with Gasteiger partial charge in [-0.1, -0.05) is 18.2 Å². The molecule has 3 aromatic rings. The van der Waals surface area contributed by atoms with Crippen LogP contribution < -0.4 is 5.32 Å². The van der Waals surface area contributed by atoms with Crippen LogP contribution in [0, 0.1) is 0 Å². The Morgan fingerprint density at radius 3 is 2.81 bits per heavy atom. The highest BCUT2D eigenvalue weighted by molar-refractivity contribution is 7.80. The number of pyridine rings is 1. The fourth-order valence-electron chi connectivity index (χ4n) is 3.73. The van der Waals surface area contributed by atoms with Crippen molar-refractivity contribution in [1.82, 2.24) is 15.2 Å². The summed E-state index contributed by atoms with van der Waals surface area (Å²) in [5, 5.41) is 4.00. The SMILES string of the molecule is COCCN1C(=S)N[C@@H](c2ccccn2)[C@H]1c1ccc(-c2cccc(C(=O)OC)c2)o1. The summed E-state index contributed by atoms with van der Waals surface area (Å²) in [6.45, 7) is 1.15. The molecule has 1 saturated heterocycles. The average Bonchev–Trinajstić information content (AvgIpc) is 3.42. The van der Waals surface area contributed by atoms with Gasteiger partial charge < -0.3 is 24.1 Å². The summed E-state index contributed by atoms with van der Waals surface area (Å²) in [5.74, 6) is 1.02. The van der Waals surface area contributed by atoms with Crippen LogP contribution in [0.4, 0.5) is 0 Å². The molecule has 1 aromatic carbocycles. The Morgan fingerprint density at radius 2 is 2.06 bits per heavy atom. The molecule has 7 nitrogen and oxygen atoms in total. The number of aromatic nitrogens is 1. The molecule has 0 amide bonds. The Morgan fingerprint density at radius 1 is 1.19 bits per heavy atom. The number of esters is 1. The quantitative estimate of drug-likeness (QED) is 0.442. The minimum Gasteiger partial charge on any atom is -0.465 e. The summed E-state index contributed by atoms with van der Waals surface area (Å²) >= 11 is 5.61. The van der Waals surface area contributed by atoms with E-state index in [0.29, 0.717) is 29.6 Å². The van der Waals surface area contributed by atoms with Gasteiger partial charge >= 0.3 is 5.97 Å². The molecule has 0 saturated carbocycles. The number of nitrogens with zero attached hydrogens (tertiary/aromatic N) is 2. The van der Waals surface area contributed by atoms with Crippen molar-refractivity contribution in [2.24, 2.45) is 0 Å². The molecule has 1 aliphatic rings. The normalized spacial score (nSPS) is 18.1. The number of methoxy groups -OCH3 is 2. The summed E-state index contributed by atoms with van der Waals surface area (Å²) in [6, 6.07) is 16.5. The first-order valence-electron chi connectivity index (χ1n) is 9.88. The molecular formula is C23H23N3O4S. The van der Waals surface area contributed by atoms with Gasteiger partial charge in [0.25, 0.3) is 0 Å². The van der Waals surface area contributed by atoms with Gasteiger partial charge in [0.2, 0.25) is 0 Å². The van der Waals surface area contributed by atoms with Gasteiger partial charge in [0.1, 0.15) is 17.6 Å². The van der Waals surface area contributed by atoms with Crippen LogP contribution in [0.3, 0.4) is 0 Å². The first-order chi connectivity index (χ1) is 15.1. The van der Waals surface area contributed by atoms with Crippen LogP contribution in [-0.4, -0.2) is 48.3 Å². The molecule has 160 valence electrons. The average molecular weight is 438 g/mol. The van der Waals surface area contributed by atoms with Crippen molar-refractivity contribution < 1.29 is 18.7 Å². The fraction of sp³-hybridized carbons (Fsp3) is 0.261. The number of ether oxygens (including phenoxy) is 2. The van der Waals surface area contributed by atoms with E-state index >= 15 is 0 Å². The Balaban J connectivity index is 1.69. The van der Waals surface area contributed by atoms with Gasteiger partial charge in [-0.3, -0.25) is 4.98 Å². The van der Waals surface area contributed by atoms with Crippen LogP contribution in [0.5, 0.6) is 0 Å². The van der Waals surface area contributed by atoms with E-state index in [4.69, 9.17) is 26.1 Å². The van der Waals surface area contributed by atoms with E-state index in [9.17, 15) is 4.79 Å². The smallest absolute Gasteiger partial charge is 0.337 e. The van der Waals surface area contributed by atoms with Crippen molar-refractivity contribution in [1.29, 1.82) is 0 Å². The number of benzene rings is 1. The van der Waals surface area contributed by atoms with Gasteiger partial charge in [0, 0.05) is 25.4 Å². The Kier molecular flexibility index (Phi) is 6.29. The summed E-state index contributed by atoms with van der Waals surface area (Å²) in [7, 11) is 3.03. The van der Waals surface area contributed by atoms with E-state index in [1.807, 2.05) is 36.4 Å². The molecule has 2 atom stereocenters. The van der Waals surface area contributed by atoms with Crippen LogP contribution in [0.15, 0.2) is 65.2 Å². The molecule has 8 heteroatoms. The maximum absolute atomic E-state index is 11.9. The second kappa shape index (κ2) is 9.28. The molecule has 2 aromatic heterocycles. The van der Waals surface area contributed by atoms with E-state index in [0.717, 1.165) is 17.0 Å². The summed E-state index contributed by atoms with van der Waals surface area (Å²) in [6.07, 6.45) is 1.76. The Bertz CT molecular complexity index is 1070. The molecular weight excluding hydrogens is 414 g/mol. The molecule has 4 rings (SSSR count). The molecule has 0 spiro atoms. The molecule has 1 aliphatic heterocycles. The number of furan rings is 1. The third-order valence-electron chi connectivity index (χ3n) is 5.22. The highest BCUT2D eigenvalue weighted by Crippen LogP contribution is 2.40. The number of rotatable bonds is 7. The van der Waals surface area contributed by atoms with Crippen molar-refractivity contribution >= 4 is 23.3 Å². The maximum Gasteiger partial charge on any atom is 0.337 e. The predicted molar refractivity (Wildman–Crippen MR) is 120 cm³/mol. The van der Waals surface area contributed by atoms with Gasteiger partial charge in [-0.2, -0.15) is 0 Å². The Labute approximate surface area is 186 Å². The number of thiocarbonyl (C=S) groups is 1. The number of hydrogen-bond acceptors (Lipinski definition) is 6. The second-order valence-corrected chi connectivity index (χ2v) is 7.47. The van der Waals surface area contributed by atoms with E-state index in [2.05, 4.69) is 15.2 Å². The van der Waals surface area contributed by atoms with E-state index in [1.54, 1.807) is 31.5 Å². The number of carbonyl (C=O) groups excluding carboxylic acids is 1.